The molecule has 2 aromatic rings. The Bertz CT molecular complexity index is 664. The molecule has 3 rings (SSSR count). The molecule has 3 heterocycles. The molecule has 1 saturated heterocycles. The van der Waals surface area contributed by atoms with Crippen molar-refractivity contribution in [2.24, 2.45) is 4.99 Å². The van der Waals surface area contributed by atoms with E-state index in [1.54, 1.807) is 23.1 Å². The molecule has 1 aliphatic heterocycles. The zero-order valence-electron chi connectivity index (χ0n) is 14.1. The lowest BCUT2D eigenvalue weighted by molar-refractivity contribution is 0.0657. The Kier molecular flexibility index (Phi) is 7.29. The Labute approximate surface area is 163 Å². The van der Waals surface area contributed by atoms with Crippen molar-refractivity contribution in [2.75, 3.05) is 32.7 Å². The molecule has 8 nitrogen and oxygen atoms in total. The Morgan fingerprint density at radius 2 is 2.00 bits per heavy atom. The highest BCUT2D eigenvalue weighted by molar-refractivity contribution is 14.0. The van der Waals surface area contributed by atoms with Crippen molar-refractivity contribution in [2.45, 2.75) is 13.5 Å². The van der Waals surface area contributed by atoms with Crippen molar-refractivity contribution in [3.63, 3.8) is 0 Å². The number of furan rings is 1. The highest BCUT2D eigenvalue weighted by Gasteiger charge is 2.25. The van der Waals surface area contributed by atoms with Crippen molar-refractivity contribution in [1.29, 1.82) is 0 Å². The van der Waals surface area contributed by atoms with Gasteiger partial charge in [-0.05, 0) is 19.1 Å². The molecule has 1 aliphatic rings. The van der Waals surface area contributed by atoms with E-state index < -0.39 is 0 Å². The van der Waals surface area contributed by atoms with E-state index in [0.29, 0.717) is 25.4 Å². The molecule has 0 saturated carbocycles. The average molecular weight is 459 g/mol. The van der Waals surface area contributed by atoms with Crippen LogP contribution in [-0.2, 0) is 6.54 Å². The van der Waals surface area contributed by atoms with Gasteiger partial charge in [0.15, 0.2) is 11.7 Å². The standard InChI is InChI=1S/C16H21N5O3.HI/c1-2-17-16(18-12-13-5-11-24-19-13)21-8-6-20(7-9-21)15(22)14-4-3-10-23-14;/h3-5,10-11H,2,6-9,12H2,1H3,(H,17,18);1H. The summed E-state index contributed by atoms with van der Waals surface area (Å²) in [6, 6.07) is 5.22. The maximum absolute atomic E-state index is 12.3. The molecular formula is C16H22IN5O3. The van der Waals surface area contributed by atoms with Gasteiger partial charge in [-0.1, -0.05) is 5.16 Å². The first kappa shape index (κ1) is 19.3. The molecule has 2 aromatic heterocycles. The van der Waals surface area contributed by atoms with Crippen LogP contribution in [0.1, 0.15) is 23.2 Å². The van der Waals surface area contributed by atoms with Crippen molar-refractivity contribution in [3.8, 4) is 0 Å². The second-order valence-corrected chi connectivity index (χ2v) is 5.42. The summed E-state index contributed by atoms with van der Waals surface area (Å²) in [6.45, 7) is 5.98. The van der Waals surface area contributed by atoms with Crippen LogP contribution < -0.4 is 5.32 Å². The van der Waals surface area contributed by atoms with Crippen LogP contribution in [0.2, 0.25) is 0 Å². The summed E-state index contributed by atoms with van der Waals surface area (Å²) >= 11 is 0. The molecule has 0 unspecified atom stereocenters. The lowest BCUT2D eigenvalue weighted by Crippen LogP contribution is -2.53. The molecule has 136 valence electrons. The van der Waals surface area contributed by atoms with E-state index in [0.717, 1.165) is 31.3 Å². The quantitative estimate of drug-likeness (QED) is 0.427. The molecule has 1 N–H and O–H groups in total. The van der Waals surface area contributed by atoms with Crippen LogP contribution >= 0.6 is 24.0 Å². The lowest BCUT2D eigenvalue weighted by Gasteiger charge is -2.36. The van der Waals surface area contributed by atoms with E-state index in [1.165, 1.54) is 12.5 Å². The fourth-order valence-electron chi connectivity index (χ4n) is 2.58. The molecular weight excluding hydrogens is 437 g/mol. The van der Waals surface area contributed by atoms with Crippen LogP contribution in [-0.4, -0.2) is 59.5 Å². The molecule has 0 spiro atoms. The van der Waals surface area contributed by atoms with Gasteiger partial charge in [0, 0.05) is 38.8 Å². The average Bonchev–Trinajstić information content (AvgIpc) is 3.31. The van der Waals surface area contributed by atoms with E-state index in [4.69, 9.17) is 8.94 Å². The van der Waals surface area contributed by atoms with Crippen LogP contribution in [0, 0.1) is 0 Å². The van der Waals surface area contributed by atoms with Gasteiger partial charge in [0.25, 0.3) is 5.91 Å². The van der Waals surface area contributed by atoms with Gasteiger partial charge < -0.3 is 24.1 Å². The van der Waals surface area contributed by atoms with Crippen LogP contribution in [0.15, 0.2) is 44.7 Å². The van der Waals surface area contributed by atoms with Crippen LogP contribution in [0.4, 0.5) is 0 Å². The number of halogens is 1. The highest BCUT2D eigenvalue weighted by Crippen LogP contribution is 2.10. The molecule has 0 bridgehead atoms. The molecule has 9 heteroatoms. The molecule has 0 radical (unpaired) electrons. The van der Waals surface area contributed by atoms with Gasteiger partial charge >= 0.3 is 0 Å². The summed E-state index contributed by atoms with van der Waals surface area (Å²) in [6.07, 6.45) is 3.06. The monoisotopic (exact) mass is 459 g/mol. The zero-order valence-corrected chi connectivity index (χ0v) is 16.4. The third-order valence-corrected chi connectivity index (χ3v) is 3.82. The topological polar surface area (TPSA) is 87.1 Å². The molecule has 1 amide bonds. The van der Waals surface area contributed by atoms with Crippen LogP contribution in [0.25, 0.3) is 0 Å². The number of hydrogen-bond donors (Lipinski definition) is 1. The number of rotatable bonds is 4. The van der Waals surface area contributed by atoms with E-state index in [-0.39, 0.29) is 29.9 Å². The third-order valence-electron chi connectivity index (χ3n) is 3.82. The second-order valence-electron chi connectivity index (χ2n) is 5.42. The van der Waals surface area contributed by atoms with Crippen molar-refractivity contribution in [1.82, 2.24) is 20.3 Å². The van der Waals surface area contributed by atoms with Crippen LogP contribution in [0.5, 0.6) is 0 Å². The van der Waals surface area contributed by atoms with Crippen molar-refractivity contribution in [3.05, 3.63) is 42.2 Å². The van der Waals surface area contributed by atoms with Gasteiger partial charge in [-0.15, -0.1) is 24.0 Å². The van der Waals surface area contributed by atoms with Gasteiger partial charge in [-0.3, -0.25) is 4.79 Å². The molecule has 0 aromatic carbocycles. The predicted molar refractivity (Wildman–Crippen MR) is 103 cm³/mol. The Morgan fingerprint density at radius 1 is 1.24 bits per heavy atom. The largest absolute Gasteiger partial charge is 0.459 e. The smallest absolute Gasteiger partial charge is 0.289 e. The zero-order chi connectivity index (χ0) is 16.8. The number of nitrogens with zero attached hydrogens (tertiary/aromatic N) is 4. The summed E-state index contributed by atoms with van der Waals surface area (Å²) in [5.74, 6) is 1.14. The number of aliphatic imine (C=N–C) groups is 1. The number of guanidine groups is 1. The number of nitrogens with one attached hydrogen (secondary N) is 1. The summed E-state index contributed by atoms with van der Waals surface area (Å²) < 4.78 is 10.0. The van der Waals surface area contributed by atoms with Gasteiger partial charge in [0.05, 0.1) is 12.8 Å². The van der Waals surface area contributed by atoms with E-state index >= 15 is 0 Å². The maximum atomic E-state index is 12.3. The minimum Gasteiger partial charge on any atom is -0.459 e. The molecule has 1 fully saturated rings. The van der Waals surface area contributed by atoms with Crippen molar-refractivity contribution < 1.29 is 13.7 Å². The highest BCUT2D eigenvalue weighted by atomic mass is 127. The fraction of sp³-hybridized carbons (Fsp3) is 0.438. The number of aromatic nitrogens is 1. The summed E-state index contributed by atoms with van der Waals surface area (Å²) in [4.78, 5) is 20.8. The van der Waals surface area contributed by atoms with Gasteiger partial charge in [0.2, 0.25) is 0 Å². The van der Waals surface area contributed by atoms with Gasteiger partial charge in [0.1, 0.15) is 12.0 Å². The first-order chi connectivity index (χ1) is 11.8. The van der Waals surface area contributed by atoms with Crippen molar-refractivity contribution >= 4 is 35.8 Å². The van der Waals surface area contributed by atoms with Gasteiger partial charge in [-0.25, -0.2) is 4.99 Å². The fourth-order valence-corrected chi connectivity index (χ4v) is 2.58. The third kappa shape index (κ3) is 4.97. The second kappa shape index (κ2) is 9.44. The lowest BCUT2D eigenvalue weighted by atomic mass is 10.3. The Balaban J connectivity index is 0.00000225. The van der Waals surface area contributed by atoms with Gasteiger partial charge in [-0.2, -0.15) is 0 Å². The van der Waals surface area contributed by atoms with E-state index in [9.17, 15) is 4.79 Å². The predicted octanol–water partition coefficient (Wildman–Crippen LogP) is 1.81. The minimum absolute atomic E-state index is 0. The number of carbonyl (C=O) groups is 1. The molecule has 0 aliphatic carbocycles. The van der Waals surface area contributed by atoms with Crippen LogP contribution in [0.3, 0.4) is 0 Å². The normalized spacial score (nSPS) is 15.0. The maximum Gasteiger partial charge on any atom is 0.289 e. The Morgan fingerprint density at radius 3 is 2.60 bits per heavy atom. The van der Waals surface area contributed by atoms with E-state index in [1.807, 2.05) is 6.92 Å². The summed E-state index contributed by atoms with van der Waals surface area (Å²) in [7, 11) is 0. The SMILES string of the molecule is CCNC(=NCc1ccon1)N1CCN(C(=O)c2ccco2)CC1.I. The number of amides is 1. The first-order valence-electron chi connectivity index (χ1n) is 8.03. The Hall–Kier alpha value is -2.04. The summed E-state index contributed by atoms with van der Waals surface area (Å²) in [5.41, 5.74) is 0.789. The molecule has 0 atom stereocenters. The molecule has 25 heavy (non-hydrogen) atoms. The summed E-state index contributed by atoms with van der Waals surface area (Å²) in [5, 5.41) is 7.15. The first-order valence-corrected chi connectivity index (χ1v) is 8.03. The minimum atomic E-state index is -0.0656. The number of piperazine rings is 1. The van der Waals surface area contributed by atoms with E-state index in [2.05, 4.69) is 20.4 Å². The number of carbonyl (C=O) groups excluding carboxylic acids is 1. The number of hydrogen-bond acceptors (Lipinski definition) is 5.